The Morgan fingerprint density at radius 3 is 2.89 bits per heavy atom. The van der Waals surface area contributed by atoms with Crippen LogP contribution in [0.15, 0.2) is 35.3 Å². The molecular weight excluding hydrogens is 346 g/mol. The monoisotopic (exact) mass is 369 g/mol. The molecule has 4 rings (SSSR count). The summed E-state index contributed by atoms with van der Waals surface area (Å²) in [6.45, 7) is 6.43. The molecule has 0 aliphatic carbocycles. The molecule has 8 heteroatoms. The van der Waals surface area contributed by atoms with Gasteiger partial charge in [-0.15, -0.1) is 0 Å². The number of aromatic nitrogens is 3. The molecule has 1 aromatic carbocycles. The highest BCUT2D eigenvalue weighted by Crippen LogP contribution is 2.29. The molecule has 142 valence electrons. The number of nitrogens with zero attached hydrogens (tertiary/aromatic N) is 3. The molecule has 1 unspecified atom stereocenters. The van der Waals surface area contributed by atoms with Crippen LogP contribution in [0.4, 0.5) is 0 Å². The highest BCUT2D eigenvalue weighted by molar-refractivity contribution is 6.08. The number of hydrogen-bond acceptors (Lipinski definition) is 5. The fourth-order valence-electron chi connectivity index (χ4n) is 3.69. The standard InChI is InChI=1S/C19H23N5O3/c1-13(18(25)20-6-7-23-8-10-27-11-9-23)24-16-5-3-2-4-14(16)15-12-21-22-19(26)17(15)24/h2-5,12-13H,6-11H2,1H3,(H,20,25)(H,22,26). The third-order valence-electron chi connectivity index (χ3n) is 5.12. The van der Waals surface area contributed by atoms with Crippen LogP contribution < -0.4 is 10.9 Å². The lowest BCUT2D eigenvalue weighted by Crippen LogP contribution is -2.42. The molecule has 2 N–H and O–H groups in total. The van der Waals surface area contributed by atoms with E-state index in [0.29, 0.717) is 12.1 Å². The predicted octanol–water partition coefficient (Wildman–Crippen LogP) is 0.887. The van der Waals surface area contributed by atoms with Gasteiger partial charge in [0.05, 0.1) is 24.9 Å². The number of aromatic amines is 1. The zero-order valence-electron chi connectivity index (χ0n) is 15.3. The minimum atomic E-state index is -0.513. The number of carbonyl (C=O) groups is 1. The quantitative estimate of drug-likeness (QED) is 0.697. The number of hydrogen-bond donors (Lipinski definition) is 2. The number of morpholine rings is 1. The number of carbonyl (C=O) groups excluding carboxylic acids is 1. The van der Waals surface area contributed by atoms with Crippen LogP contribution in [-0.4, -0.2) is 65.0 Å². The molecule has 27 heavy (non-hydrogen) atoms. The summed E-state index contributed by atoms with van der Waals surface area (Å²) in [4.78, 5) is 27.5. The Bertz CT molecular complexity index is 1020. The second kappa shape index (κ2) is 7.50. The van der Waals surface area contributed by atoms with Gasteiger partial charge < -0.3 is 14.6 Å². The third-order valence-corrected chi connectivity index (χ3v) is 5.12. The normalized spacial score (nSPS) is 16.6. The molecule has 1 saturated heterocycles. The van der Waals surface area contributed by atoms with E-state index < -0.39 is 6.04 Å². The number of amides is 1. The molecule has 0 spiro atoms. The van der Waals surface area contributed by atoms with Crippen LogP contribution in [0.1, 0.15) is 13.0 Å². The first kappa shape index (κ1) is 17.7. The average Bonchev–Trinajstić information content (AvgIpc) is 3.04. The van der Waals surface area contributed by atoms with E-state index in [9.17, 15) is 9.59 Å². The highest BCUT2D eigenvalue weighted by Gasteiger charge is 2.22. The molecule has 1 fully saturated rings. The van der Waals surface area contributed by atoms with Crippen molar-refractivity contribution < 1.29 is 9.53 Å². The summed E-state index contributed by atoms with van der Waals surface area (Å²) >= 11 is 0. The average molecular weight is 369 g/mol. The maximum Gasteiger partial charge on any atom is 0.288 e. The first-order chi connectivity index (χ1) is 13.2. The predicted molar refractivity (Wildman–Crippen MR) is 103 cm³/mol. The van der Waals surface area contributed by atoms with Crippen molar-refractivity contribution in [1.29, 1.82) is 0 Å². The number of H-pyrrole nitrogens is 1. The van der Waals surface area contributed by atoms with Gasteiger partial charge in [-0.3, -0.25) is 14.5 Å². The Labute approximate surface area is 156 Å². The zero-order valence-corrected chi connectivity index (χ0v) is 15.3. The molecule has 3 aromatic rings. The number of ether oxygens (including phenoxy) is 1. The molecule has 1 atom stereocenters. The van der Waals surface area contributed by atoms with Gasteiger partial charge in [-0.1, -0.05) is 18.2 Å². The summed E-state index contributed by atoms with van der Waals surface area (Å²) in [5.74, 6) is -0.109. The van der Waals surface area contributed by atoms with Gasteiger partial charge in [-0.2, -0.15) is 5.10 Å². The van der Waals surface area contributed by atoms with Gasteiger partial charge in [0.2, 0.25) is 5.91 Å². The second-order valence-corrected chi connectivity index (χ2v) is 6.77. The van der Waals surface area contributed by atoms with E-state index in [1.807, 2.05) is 31.2 Å². The van der Waals surface area contributed by atoms with Crippen molar-refractivity contribution in [2.24, 2.45) is 0 Å². The first-order valence-electron chi connectivity index (χ1n) is 9.21. The number of benzene rings is 1. The van der Waals surface area contributed by atoms with Crippen molar-refractivity contribution in [3.8, 4) is 0 Å². The van der Waals surface area contributed by atoms with E-state index in [4.69, 9.17) is 4.74 Å². The van der Waals surface area contributed by atoms with E-state index in [1.165, 1.54) is 0 Å². The van der Waals surface area contributed by atoms with E-state index in [-0.39, 0.29) is 11.5 Å². The minimum Gasteiger partial charge on any atom is -0.379 e. The van der Waals surface area contributed by atoms with Crippen LogP contribution in [0.5, 0.6) is 0 Å². The van der Waals surface area contributed by atoms with Crippen molar-refractivity contribution in [3.63, 3.8) is 0 Å². The van der Waals surface area contributed by atoms with Gasteiger partial charge in [0.1, 0.15) is 11.6 Å². The van der Waals surface area contributed by atoms with Crippen LogP contribution in [0.25, 0.3) is 21.8 Å². The summed E-state index contributed by atoms with van der Waals surface area (Å²) in [6, 6.07) is 7.17. The van der Waals surface area contributed by atoms with Crippen molar-refractivity contribution in [3.05, 3.63) is 40.8 Å². The fourth-order valence-corrected chi connectivity index (χ4v) is 3.69. The molecule has 1 aliphatic heterocycles. The van der Waals surface area contributed by atoms with Crippen LogP contribution >= 0.6 is 0 Å². The lowest BCUT2D eigenvalue weighted by molar-refractivity contribution is -0.123. The van der Waals surface area contributed by atoms with Gasteiger partial charge in [-0.05, 0) is 13.0 Å². The Morgan fingerprint density at radius 1 is 1.30 bits per heavy atom. The molecule has 8 nitrogen and oxygen atoms in total. The largest absolute Gasteiger partial charge is 0.379 e. The number of nitrogens with one attached hydrogen (secondary N) is 2. The maximum atomic E-state index is 12.8. The van der Waals surface area contributed by atoms with E-state index in [2.05, 4.69) is 20.4 Å². The molecule has 0 radical (unpaired) electrons. The Balaban J connectivity index is 1.58. The van der Waals surface area contributed by atoms with Crippen LogP contribution in [0, 0.1) is 0 Å². The summed E-state index contributed by atoms with van der Waals surface area (Å²) in [6.07, 6.45) is 1.64. The SMILES string of the molecule is CC(C(=O)NCCN1CCOCC1)n1c2ccccc2c2cn[nH]c(=O)c21. The number of fused-ring (bicyclic) bond motifs is 3. The highest BCUT2D eigenvalue weighted by atomic mass is 16.5. The Kier molecular flexibility index (Phi) is 4.91. The van der Waals surface area contributed by atoms with Gasteiger partial charge in [-0.25, -0.2) is 5.10 Å². The topological polar surface area (TPSA) is 92.2 Å². The summed E-state index contributed by atoms with van der Waals surface area (Å²) in [5.41, 5.74) is 1.03. The lowest BCUT2D eigenvalue weighted by Gasteiger charge is -2.26. The molecular formula is C19H23N5O3. The van der Waals surface area contributed by atoms with Gasteiger partial charge >= 0.3 is 0 Å². The molecule has 3 heterocycles. The van der Waals surface area contributed by atoms with Crippen LogP contribution in [0.3, 0.4) is 0 Å². The van der Waals surface area contributed by atoms with E-state index >= 15 is 0 Å². The number of rotatable bonds is 5. The van der Waals surface area contributed by atoms with Crippen molar-refractivity contribution in [1.82, 2.24) is 25.0 Å². The van der Waals surface area contributed by atoms with E-state index in [1.54, 1.807) is 10.8 Å². The van der Waals surface area contributed by atoms with Crippen molar-refractivity contribution in [2.75, 3.05) is 39.4 Å². The maximum absolute atomic E-state index is 12.8. The lowest BCUT2D eigenvalue weighted by atomic mass is 10.2. The molecule has 1 amide bonds. The van der Waals surface area contributed by atoms with E-state index in [0.717, 1.165) is 49.1 Å². The smallest absolute Gasteiger partial charge is 0.288 e. The molecule has 2 aromatic heterocycles. The van der Waals surface area contributed by atoms with Gasteiger partial charge in [0, 0.05) is 37.0 Å². The molecule has 0 saturated carbocycles. The zero-order chi connectivity index (χ0) is 18.8. The Morgan fingerprint density at radius 2 is 2.07 bits per heavy atom. The van der Waals surface area contributed by atoms with Crippen molar-refractivity contribution in [2.45, 2.75) is 13.0 Å². The minimum absolute atomic E-state index is 0.109. The van der Waals surface area contributed by atoms with Gasteiger partial charge in [0.15, 0.2) is 0 Å². The third kappa shape index (κ3) is 3.33. The van der Waals surface area contributed by atoms with Crippen molar-refractivity contribution >= 4 is 27.7 Å². The summed E-state index contributed by atoms with van der Waals surface area (Å²) in [7, 11) is 0. The summed E-state index contributed by atoms with van der Waals surface area (Å²) in [5, 5.41) is 11.1. The number of para-hydroxylation sites is 1. The Hall–Kier alpha value is -2.71. The second-order valence-electron chi connectivity index (χ2n) is 6.77. The van der Waals surface area contributed by atoms with Crippen LogP contribution in [-0.2, 0) is 9.53 Å². The summed E-state index contributed by atoms with van der Waals surface area (Å²) < 4.78 is 7.14. The first-order valence-corrected chi connectivity index (χ1v) is 9.21. The van der Waals surface area contributed by atoms with Crippen LogP contribution in [0.2, 0.25) is 0 Å². The molecule has 1 aliphatic rings. The molecule has 0 bridgehead atoms. The fraction of sp³-hybridized carbons (Fsp3) is 0.421. The van der Waals surface area contributed by atoms with Gasteiger partial charge in [0.25, 0.3) is 5.56 Å².